The third-order valence-corrected chi connectivity index (χ3v) is 4.90. The Morgan fingerprint density at radius 3 is 2.67 bits per heavy atom. The van der Waals surface area contributed by atoms with E-state index in [1.54, 1.807) is 24.8 Å². The van der Waals surface area contributed by atoms with Crippen molar-refractivity contribution in [1.82, 2.24) is 5.32 Å². The number of hydrogen-bond donors (Lipinski definition) is 1. The maximum atomic E-state index is 13.1. The van der Waals surface area contributed by atoms with Crippen LogP contribution < -0.4 is 14.8 Å². The Labute approximate surface area is 161 Å². The molecule has 0 fully saturated rings. The molecule has 144 valence electrons. The van der Waals surface area contributed by atoms with Gasteiger partial charge >= 0.3 is 0 Å². The van der Waals surface area contributed by atoms with Crippen LogP contribution in [0, 0.1) is 5.82 Å². The second-order valence-electron chi connectivity index (χ2n) is 6.90. The smallest absolute Gasteiger partial charge is 0.166 e. The van der Waals surface area contributed by atoms with Crippen molar-refractivity contribution in [2.45, 2.75) is 45.3 Å². The van der Waals surface area contributed by atoms with Crippen LogP contribution in [-0.2, 0) is 13.2 Å². The molecule has 3 rings (SSSR count). The van der Waals surface area contributed by atoms with Crippen molar-refractivity contribution in [3.63, 3.8) is 0 Å². The Bertz CT molecular complexity index is 755. The van der Waals surface area contributed by atoms with Gasteiger partial charge in [0.2, 0.25) is 0 Å². The van der Waals surface area contributed by atoms with Crippen molar-refractivity contribution in [2.75, 3.05) is 13.7 Å². The van der Waals surface area contributed by atoms with Crippen LogP contribution in [-0.4, -0.2) is 13.7 Å². The number of methoxy groups -OCH3 is 1. The van der Waals surface area contributed by atoms with Crippen LogP contribution in [0.3, 0.4) is 0 Å². The highest BCUT2D eigenvalue weighted by atomic mass is 19.1. The van der Waals surface area contributed by atoms with Crippen LogP contribution in [0.15, 0.2) is 54.1 Å². The number of nitrogens with one attached hydrogen (secondary N) is 1. The number of allylic oxidation sites excluding steroid dienone is 1. The van der Waals surface area contributed by atoms with Crippen LogP contribution in [0.25, 0.3) is 0 Å². The second kappa shape index (κ2) is 10.1. The molecule has 0 spiro atoms. The molecule has 2 aromatic carbocycles. The summed E-state index contributed by atoms with van der Waals surface area (Å²) >= 11 is 0. The summed E-state index contributed by atoms with van der Waals surface area (Å²) < 4.78 is 24.6. The van der Waals surface area contributed by atoms with E-state index >= 15 is 0 Å². The molecule has 0 saturated carbocycles. The van der Waals surface area contributed by atoms with Gasteiger partial charge < -0.3 is 14.8 Å². The molecule has 0 aromatic heterocycles. The van der Waals surface area contributed by atoms with E-state index in [1.807, 2.05) is 12.1 Å². The lowest BCUT2D eigenvalue weighted by Gasteiger charge is -2.16. The lowest BCUT2D eigenvalue weighted by Crippen LogP contribution is -2.16. The number of hydrogen-bond acceptors (Lipinski definition) is 3. The van der Waals surface area contributed by atoms with E-state index < -0.39 is 0 Å². The number of ether oxygens (including phenoxy) is 2. The molecule has 0 saturated heterocycles. The molecule has 1 N–H and O–H groups in total. The lowest BCUT2D eigenvalue weighted by atomic mass is 9.97. The molecular formula is C23H28FNO2. The minimum Gasteiger partial charge on any atom is -0.493 e. The van der Waals surface area contributed by atoms with E-state index in [2.05, 4.69) is 17.5 Å². The van der Waals surface area contributed by atoms with Crippen LogP contribution in [0.1, 0.15) is 43.2 Å². The first-order chi connectivity index (χ1) is 13.3. The van der Waals surface area contributed by atoms with Crippen LogP contribution in [0.5, 0.6) is 11.5 Å². The van der Waals surface area contributed by atoms with Gasteiger partial charge in [-0.15, -0.1) is 0 Å². The van der Waals surface area contributed by atoms with E-state index in [0.29, 0.717) is 12.4 Å². The van der Waals surface area contributed by atoms with Crippen LogP contribution >= 0.6 is 0 Å². The summed E-state index contributed by atoms with van der Waals surface area (Å²) in [5.41, 5.74) is 3.56. The zero-order valence-corrected chi connectivity index (χ0v) is 16.0. The Balaban J connectivity index is 1.58. The molecule has 3 nitrogen and oxygen atoms in total. The number of para-hydroxylation sites is 1. The summed E-state index contributed by atoms with van der Waals surface area (Å²) in [5, 5.41) is 3.52. The Kier molecular flexibility index (Phi) is 7.28. The fourth-order valence-corrected chi connectivity index (χ4v) is 3.36. The van der Waals surface area contributed by atoms with E-state index in [4.69, 9.17) is 9.47 Å². The average Bonchev–Trinajstić information content (AvgIpc) is 2.72. The molecule has 0 atom stereocenters. The van der Waals surface area contributed by atoms with Crippen molar-refractivity contribution >= 4 is 0 Å². The molecule has 0 amide bonds. The SMILES string of the molecule is COc1cccc(CNCCC2=CCCCC2)c1OCc1ccc(F)cc1. The van der Waals surface area contributed by atoms with Crippen molar-refractivity contribution < 1.29 is 13.9 Å². The molecule has 0 radical (unpaired) electrons. The first-order valence-electron chi connectivity index (χ1n) is 9.68. The molecule has 0 bridgehead atoms. The quantitative estimate of drug-likeness (QED) is 0.475. The van der Waals surface area contributed by atoms with Crippen LogP contribution in [0.4, 0.5) is 4.39 Å². The van der Waals surface area contributed by atoms with Crippen molar-refractivity contribution in [3.05, 3.63) is 71.1 Å². The molecule has 4 heteroatoms. The molecular weight excluding hydrogens is 341 g/mol. The molecule has 0 aliphatic heterocycles. The number of rotatable bonds is 9. The predicted octanol–water partition coefficient (Wildman–Crippen LogP) is 5.39. The minimum absolute atomic E-state index is 0.242. The molecule has 0 heterocycles. The normalized spacial score (nSPS) is 13.9. The number of halogens is 1. The summed E-state index contributed by atoms with van der Waals surface area (Å²) in [6.07, 6.45) is 8.63. The van der Waals surface area contributed by atoms with E-state index in [9.17, 15) is 4.39 Å². The third kappa shape index (κ3) is 5.83. The summed E-state index contributed by atoms with van der Waals surface area (Å²) in [6, 6.07) is 12.3. The Morgan fingerprint density at radius 2 is 1.93 bits per heavy atom. The highest BCUT2D eigenvalue weighted by Gasteiger charge is 2.11. The zero-order valence-electron chi connectivity index (χ0n) is 16.0. The van der Waals surface area contributed by atoms with Gasteiger partial charge in [0, 0.05) is 12.1 Å². The predicted molar refractivity (Wildman–Crippen MR) is 107 cm³/mol. The first kappa shape index (κ1) is 19.4. The van der Waals surface area contributed by atoms with Gasteiger partial charge in [0.05, 0.1) is 7.11 Å². The van der Waals surface area contributed by atoms with E-state index in [0.717, 1.165) is 36.4 Å². The van der Waals surface area contributed by atoms with Gasteiger partial charge in [-0.05, 0) is 62.4 Å². The summed E-state index contributed by atoms with van der Waals surface area (Å²) in [6.45, 7) is 2.06. The topological polar surface area (TPSA) is 30.5 Å². The first-order valence-corrected chi connectivity index (χ1v) is 9.68. The molecule has 1 aliphatic carbocycles. The highest BCUT2D eigenvalue weighted by Crippen LogP contribution is 2.32. The van der Waals surface area contributed by atoms with Gasteiger partial charge in [-0.2, -0.15) is 0 Å². The van der Waals surface area contributed by atoms with Crippen LogP contribution in [0.2, 0.25) is 0 Å². The fraction of sp³-hybridized carbons (Fsp3) is 0.391. The average molecular weight is 369 g/mol. The van der Waals surface area contributed by atoms with E-state index in [1.165, 1.54) is 37.8 Å². The molecule has 27 heavy (non-hydrogen) atoms. The standard InChI is InChI=1S/C23H28FNO2/c1-26-22-9-5-8-20(16-25-15-14-18-6-3-2-4-7-18)23(22)27-17-19-10-12-21(24)13-11-19/h5-6,8-13,25H,2-4,7,14-17H2,1H3. The van der Waals surface area contributed by atoms with Gasteiger partial charge in [-0.3, -0.25) is 0 Å². The van der Waals surface area contributed by atoms with Gasteiger partial charge in [0.25, 0.3) is 0 Å². The molecule has 2 aromatic rings. The third-order valence-electron chi connectivity index (χ3n) is 4.90. The number of benzene rings is 2. The van der Waals surface area contributed by atoms with Gasteiger partial charge in [-0.25, -0.2) is 4.39 Å². The summed E-state index contributed by atoms with van der Waals surface area (Å²) in [5.74, 6) is 1.22. The van der Waals surface area contributed by atoms with Crippen molar-refractivity contribution in [1.29, 1.82) is 0 Å². The van der Waals surface area contributed by atoms with Crippen molar-refractivity contribution in [3.8, 4) is 11.5 Å². The van der Waals surface area contributed by atoms with Crippen molar-refractivity contribution in [2.24, 2.45) is 0 Å². The zero-order chi connectivity index (χ0) is 18.9. The largest absolute Gasteiger partial charge is 0.493 e. The molecule has 0 unspecified atom stereocenters. The van der Waals surface area contributed by atoms with Gasteiger partial charge in [0.15, 0.2) is 11.5 Å². The monoisotopic (exact) mass is 369 g/mol. The maximum absolute atomic E-state index is 13.1. The summed E-state index contributed by atoms with van der Waals surface area (Å²) in [4.78, 5) is 0. The van der Waals surface area contributed by atoms with E-state index in [-0.39, 0.29) is 5.82 Å². The Morgan fingerprint density at radius 1 is 1.07 bits per heavy atom. The maximum Gasteiger partial charge on any atom is 0.166 e. The minimum atomic E-state index is -0.242. The second-order valence-corrected chi connectivity index (χ2v) is 6.90. The highest BCUT2D eigenvalue weighted by molar-refractivity contribution is 5.46. The lowest BCUT2D eigenvalue weighted by molar-refractivity contribution is 0.280. The fourth-order valence-electron chi connectivity index (χ4n) is 3.36. The van der Waals surface area contributed by atoms with Gasteiger partial charge in [-0.1, -0.05) is 35.9 Å². The molecule has 1 aliphatic rings. The summed E-state index contributed by atoms with van der Waals surface area (Å²) in [7, 11) is 1.65. The van der Waals surface area contributed by atoms with Gasteiger partial charge in [0.1, 0.15) is 12.4 Å². The Hall–Kier alpha value is -2.33.